The van der Waals surface area contributed by atoms with E-state index in [4.69, 9.17) is 9.47 Å². The maximum atomic E-state index is 13.6. The summed E-state index contributed by atoms with van der Waals surface area (Å²) in [4.78, 5) is 42.1. The Morgan fingerprint density at radius 2 is 1.59 bits per heavy atom. The SMILES string of the molecule is CCOC(=O)[C@H]1CN(Cc2ccccc2)C[C@@H]1C(=O)N1C(=O)OCC1Cc1ccccc1. The lowest BCUT2D eigenvalue weighted by atomic mass is 9.93. The molecule has 2 aliphatic heterocycles. The molecule has 2 aliphatic rings. The zero-order chi connectivity index (χ0) is 22.5. The summed E-state index contributed by atoms with van der Waals surface area (Å²) >= 11 is 0. The van der Waals surface area contributed by atoms with Gasteiger partial charge in [-0.2, -0.15) is 0 Å². The van der Waals surface area contributed by atoms with Crippen molar-refractivity contribution >= 4 is 18.0 Å². The van der Waals surface area contributed by atoms with Crippen molar-refractivity contribution in [3.63, 3.8) is 0 Å². The zero-order valence-corrected chi connectivity index (χ0v) is 18.2. The summed E-state index contributed by atoms with van der Waals surface area (Å²) in [6.07, 6.45) is -0.122. The number of amides is 2. The molecule has 0 saturated carbocycles. The number of hydrogen-bond donors (Lipinski definition) is 0. The number of ether oxygens (including phenoxy) is 2. The molecular formula is C25H28N2O5. The Morgan fingerprint density at radius 1 is 0.969 bits per heavy atom. The molecule has 0 spiro atoms. The van der Waals surface area contributed by atoms with Crippen LogP contribution in [0.5, 0.6) is 0 Å². The summed E-state index contributed by atoms with van der Waals surface area (Å²) in [5.74, 6) is -2.02. The quantitative estimate of drug-likeness (QED) is 0.622. The summed E-state index contributed by atoms with van der Waals surface area (Å²) in [5, 5.41) is 0. The van der Waals surface area contributed by atoms with E-state index in [0.29, 0.717) is 26.1 Å². The molecule has 32 heavy (non-hydrogen) atoms. The lowest BCUT2D eigenvalue weighted by Gasteiger charge is -2.25. The van der Waals surface area contributed by atoms with E-state index in [2.05, 4.69) is 4.90 Å². The average Bonchev–Trinajstić information content (AvgIpc) is 3.38. The second-order valence-electron chi connectivity index (χ2n) is 8.27. The number of esters is 1. The molecule has 0 aromatic heterocycles. The van der Waals surface area contributed by atoms with Crippen molar-refractivity contribution < 1.29 is 23.9 Å². The van der Waals surface area contributed by atoms with Crippen molar-refractivity contribution in [2.24, 2.45) is 11.8 Å². The topological polar surface area (TPSA) is 76.2 Å². The number of rotatable bonds is 7. The van der Waals surface area contributed by atoms with E-state index in [1.165, 1.54) is 4.90 Å². The van der Waals surface area contributed by atoms with Gasteiger partial charge in [0.1, 0.15) is 6.61 Å². The number of hydrogen-bond acceptors (Lipinski definition) is 6. The van der Waals surface area contributed by atoms with Crippen molar-refractivity contribution in [2.75, 3.05) is 26.3 Å². The Bertz CT molecular complexity index is 949. The van der Waals surface area contributed by atoms with Crippen LogP contribution in [-0.4, -0.2) is 60.1 Å². The van der Waals surface area contributed by atoms with Gasteiger partial charge in [-0.3, -0.25) is 14.5 Å². The maximum Gasteiger partial charge on any atom is 0.416 e. The van der Waals surface area contributed by atoms with Gasteiger partial charge in [-0.05, 0) is 24.5 Å². The van der Waals surface area contributed by atoms with E-state index >= 15 is 0 Å². The number of benzene rings is 2. The van der Waals surface area contributed by atoms with Gasteiger partial charge in [0.15, 0.2) is 0 Å². The van der Waals surface area contributed by atoms with Gasteiger partial charge >= 0.3 is 12.1 Å². The third kappa shape index (κ3) is 4.83. The van der Waals surface area contributed by atoms with Crippen LogP contribution in [0.4, 0.5) is 4.79 Å². The van der Waals surface area contributed by atoms with Gasteiger partial charge in [0, 0.05) is 19.6 Å². The zero-order valence-electron chi connectivity index (χ0n) is 18.2. The summed E-state index contributed by atoms with van der Waals surface area (Å²) in [6, 6.07) is 19.2. The van der Waals surface area contributed by atoms with Crippen LogP contribution < -0.4 is 0 Å². The summed E-state index contributed by atoms with van der Waals surface area (Å²) in [7, 11) is 0. The van der Waals surface area contributed by atoms with Gasteiger partial charge in [0.05, 0.1) is 24.5 Å². The molecule has 4 rings (SSSR count). The minimum atomic E-state index is -0.651. The Morgan fingerprint density at radius 3 is 2.25 bits per heavy atom. The Kier molecular flexibility index (Phi) is 6.85. The fourth-order valence-electron chi connectivity index (χ4n) is 4.54. The molecule has 2 saturated heterocycles. The van der Waals surface area contributed by atoms with Crippen molar-refractivity contribution in [2.45, 2.75) is 25.9 Å². The van der Waals surface area contributed by atoms with Crippen LogP contribution in [0.2, 0.25) is 0 Å². The van der Waals surface area contributed by atoms with Gasteiger partial charge in [-0.25, -0.2) is 9.69 Å². The molecule has 7 nitrogen and oxygen atoms in total. The van der Waals surface area contributed by atoms with Gasteiger partial charge in [-0.1, -0.05) is 60.7 Å². The van der Waals surface area contributed by atoms with E-state index in [-0.39, 0.29) is 25.2 Å². The number of likely N-dealkylation sites (tertiary alicyclic amines) is 1. The highest BCUT2D eigenvalue weighted by molar-refractivity contribution is 5.97. The molecule has 2 amide bonds. The van der Waals surface area contributed by atoms with Gasteiger partial charge in [-0.15, -0.1) is 0 Å². The van der Waals surface area contributed by atoms with Crippen molar-refractivity contribution in [3.05, 3.63) is 71.8 Å². The van der Waals surface area contributed by atoms with Crippen LogP contribution in [-0.2, 0) is 32.0 Å². The first-order valence-electron chi connectivity index (χ1n) is 11.0. The fourth-order valence-corrected chi connectivity index (χ4v) is 4.54. The highest BCUT2D eigenvalue weighted by atomic mass is 16.6. The van der Waals surface area contributed by atoms with Crippen molar-refractivity contribution in [1.29, 1.82) is 0 Å². The van der Waals surface area contributed by atoms with Crippen LogP contribution >= 0.6 is 0 Å². The predicted molar refractivity (Wildman–Crippen MR) is 117 cm³/mol. The first-order valence-corrected chi connectivity index (χ1v) is 11.0. The number of carbonyl (C=O) groups excluding carboxylic acids is 3. The van der Waals surface area contributed by atoms with Gasteiger partial charge < -0.3 is 9.47 Å². The Balaban J connectivity index is 1.52. The standard InChI is InChI=1S/C25H28N2O5/c1-2-31-24(29)22-16-26(14-19-11-7-4-8-12-19)15-21(22)23(28)27-20(17-32-25(27)30)13-18-9-5-3-6-10-18/h3-12,20-22H,2,13-17H2,1H3/t20?,21-,22-/m0/s1. The molecule has 2 aromatic rings. The van der Waals surface area contributed by atoms with Crippen LogP contribution in [0, 0.1) is 11.8 Å². The third-order valence-electron chi connectivity index (χ3n) is 6.06. The first kappa shape index (κ1) is 22.0. The molecule has 0 N–H and O–H groups in total. The molecule has 7 heteroatoms. The number of nitrogens with zero attached hydrogens (tertiary/aromatic N) is 2. The highest BCUT2D eigenvalue weighted by Crippen LogP contribution is 2.30. The third-order valence-corrected chi connectivity index (χ3v) is 6.06. The molecule has 2 heterocycles. The molecular weight excluding hydrogens is 408 g/mol. The van der Waals surface area contributed by atoms with Crippen molar-refractivity contribution in [3.8, 4) is 0 Å². The fraction of sp³-hybridized carbons (Fsp3) is 0.400. The highest BCUT2D eigenvalue weighted by Gasteiger charge is 2.48. The molecule has 2 aromatic carbocycles. The Labute approximate surface area is 187 Å². The van der Waals surface area contributed by atoms with E-state index in [1.54, 1.807) is 6.92 Å². The second-order valence-corrected chi connectivity index (χ2v) is 8.27. The smallest absolute Gasteiger partial charge is 0.416 e. The van der Waals surface area contributed by atoms with Crippen LogP contribution in [0.25, 0.3) is 0 Å². The van der Waals surface area contributed by atoms with Crippen LogP contribution in [0.1, 0.15) is 18.1 Å². The summed E-state index contributed by atoms with van der Waals surface area (Å²) in [5.41, 5.74) is 2.12. The molecule has 0 bridgehead atoms. The van der Waals surface area contributed by atoms with E-state index in [9.17, 15) is 14.4 Å². The first-order chi connectivity index (χ1) is 15.6. The van der Waals surface area contributed by atoms with Gasteiger partial charge in [0.25, 0.3) is 0 Å². The molecule has 168 valence electrons. The lowest BCUT2D eigenvalue weighted by molar-refractivity contribution is -0.152. The second kappa shape index (κ2) is 9.96. The van der Waals surface area contributed by atoms with E-state index in [1.807, 2.05) is 60.7 Å². The van der Waals surface area contributed by atoms with E-state index < -0.39 is 23.9 Å². The Hall–Kier alpha value is -3.19. The number of carbonyl (C=O) groups is 3. The monoisotopic (exact) mass is 436 g/mol. The van der Waals surface area contributed by atoms with Crippen LogP contribution in [0.15, 0.2) is 60.7 Å². The number of imide groups is 1. The van der Waals surface area contributed by atoms with Crippen molar-refractivity contribution in [1.82, 2.24) is 9.80 Å². The van der Waals surface area contributed by atoms with E-state index in [0.717, 1.165) is 11.1 Å². The minimum absolute atomic E-state index is 0.157. The summed E-state index contributed by atoms with van der Waals surface area (Å²) in [6.45, 7) is 3.58. The number of cyclic esters (lactones) is 1. The molecule has 0 radical (unpaired) electrons. The largest absolute Gasteiger partial charge is 0.466 e. The normalized spacial score (nSPS) is 23.2. The average molecular weight is 437 g/mol. The van der Waals surface area contributed by atoms with Gasteiger partial charge in [0.2, 0.25) is 5.91 Å². The van der Waals surface area contributed by atoms with Crippen LogP contribution in [0.3, 0.4) is 0 Å². The summed E-state index contributed by atoms with van der Waals surface area (Å²) < 4.78 is 10.5. The molecule has 1 unspecified atom stereocenters. The molecule has 0 aliphatic carbocycles. The minimum Gasteiger partial charge on any atom is -0.466 e. The molecule has 2 fully saturated rings. The predicted octanol–water partition coefficient (Wildman–Crippen LogP) is 2.89. The molecule has 3 atom stereocenters. The lowest BCUT2D eigenvalue weighted by Crippen LogP contribution is -2.46. The maximum absolute atomic E-state index is 13.6.